The first-order chi connectivity index (χ1) is 11.2. The molecule has 1 heterocycles. The Morgan fingerprint density at radius 3 is 2.43 bits per heavy atom. The van der Waals surface area contributed by atoms with Crippen molar-refractivity contribution in [1.29, 1.82) is 0 Å². The van der Waals surface area contributed by atoms with Crippen LogP contribution in [0.5, 0.6) is 11.5 Å². The molecule has 1 fully saturated rings. The Morgan fingerprint density at radius 2 is 1.70 bits per heavy atom. The molecule has 0 aromatic heterocycles. The molecule has 4 nitrogen and oxygen atoms in total. The normalized spacial score (nSPS) is 17.4. The minimum atomic E-state index is -0.0384. The van der Waals surface area contributed by atoms with Gasteiger partial charge in [-0.05, 0) is 12.1 Å². The molecule has 0 spiro atoms. The predicted octanol–water partition coefficient (Wildman–Crippen LogP) is 3.48. The van der Waals surface area contributed by atoms with Gasteiger partial charge in [-0.15, -0.1) is 11.8 Å². The van der Waals surface area contributed by atoms with Crippen molar-refractivity contribution in [3.63, 3.8) is 0 Å². The highest BCUT2D eigenvalue weighted by Gasteiger charge is 2.34. The lowest BCUT2D eigenvalue weighted by atomic mass is 10.1. The summed E-state index contributed by atoms with van der Waals surface area (Å²) in [5, 5.41) is -0.0384. The molecule has 120 valence electrons. The second kappa shape index (κ2) is 6.96. The number of methoxy groups -OCH3 is 2. The van der Waals surface area contributed by atoms with Crippen molar-refractivity contribution >= 4 is 17.7 Å². The maximum absolute atomic E-state index is 12.4. The van der Waals surface area contributed by atoms with Crippen molar-refractivity contribution in [2.45, 2.75) is 11.9 Å². The molecule has 5 heteroatoms. The molecular weight excluding hydrogens is 310 g/mol. The molecule has 2 aromatic rings. The van der Waals surface area contributed by atoms with E-state index in [0.29, 0.717) is 12.3 Å². The molecule has 0 aliphatic carbocycles. The third-order valence-electron chi connectivity index (χ3n) is 3.91. The molecule has 2 aromatic carbocycles. The Bertz CT molecular complexity index is 704. The summed E-state index contributed by atoms with van der Waals surface area (Å²) in [7, 11) is 3.31. The first-order valence-electron chi connectivity index (χ1n) is 7.40. The highest BCUT2D eigenvalue weighted by molar-refractivity contribution is 8.00. The molecule has 1 unspecified atom stereocenters. The number of ether oxygens (including phenoxy) is 2. The first-order valence-corrected chi connectivity index (χ1v) is 8.45. The average molecular weight is 329 g/mol. The van der Waals surface area contributed by atoms with Crippen molar-refractivity contribution in [2.75, 3.05) is 20.0 Å². The van der Waals surface area contributed by atoms with Gasteiger partial charge in [0.2, 0.25) is 5.91 Å². The summed E-state index contributed by atoms with van der Waals surface area (Å²) in [5.74, 6) is 2.23. The minimum Gasteiger partial charge on any atom is -0.496 e. The van der Waals surface area contributed by atoms with Crippen molar-refractivity contribution in [1.82, 2.24) is 4.90 Å². The minimum absolute atomic E-state index is 0.0384. The fraction of sp³-hybridized carbons (Fsp3) is 0.278. The number of benzene rings is 2. The average Bonchev–Trinajstić information content (AvgIpc) is 2.96. The molecule has 0 N–H and O–H groups in total. The van der Waals surface area contributed by atoms with Crippen LogP contribution in [0.1, 0.15) is 16.5 Å². The second-order valence-electron chi connectivity index (χ2n) is 5.24. The van der Waals surface area contributed by atoms with Gasteiger partial charge < -0.3 is 14.4 Å². The summed E-state index contributed by atoms with van der Waals surface area (Å²) in [6.45, 7) is 0.526. The SMILES string of the molecule is COc1ccccc1CN1C(=O)CSC1c1ccccc1OC. The van der Waals surface area contributed by atoms with Crippen LogP contribution in [0.25, 0.3) is 0 Å². The van der Waals surface area contributed by atoms with Gasteiger partial charge >= 0.3 is 0 Å². The van der Waals surface area contributed by atoms with E-state index in [1.165, 1.54) is 0 Å². The fourth-order valence-corrected chi connectivity index (χ4v) is 3.98. The number of thioether (sulfide) groups is 1. The Hall–Kier alpha value is -2.14. The largest absolute Gasteiger partial charge is 0.496 e. The van der Waals surface area contributed by atoms with E-state index in [1.807, 2.05) is 53.4 Å². The molecule has 0 radical (unpaired) electrons. The maximum Gasteiger partial charge on any atom is 0.234 e. The van der Waals surface area contributed by atoms with E-state index in [-0.39, 0.29) is 11.3 Å². The van der Waals surface area contributed by atoms with E-state index in [1.54, 1.807) is 26.0 Å². The van der Waals surface area contributed by atoms with Crippen LogP contribution in [-0.4, -0.2) is 30.8 Å². The van der Waals surface area contributed by atoms with Crippen LogP contribution in [0.4, 0.5) is 0 Å². The lowest BCUT2D eigenvalue weighted by molar-refractivity contribution is -0.128. The van der Waals surface area contributed by atoms with Gasteiger partial charge in [-0.25, -0.2) is 0 Å². The van der Waals surface area contributed by atoms with E-state index in [0.717, 1.165) is 22.6 Å². The monoisotopic (exact) mass is 329 g/mol. The zero-order valence-electron chi connectivity index (χ0n) is 13.2. The third kappa shape index (κ3) is 3.15. The van der Waals surface area contributed by atoms with Crippen LogP contribution < -0.4 is 9.47 Å². The molecule has 0 bridgehead atoms. The molecule has 0 saturated carbocycles. The van der Waals surface area contributed by atoms with Gasteiger partial charge in [0.15, 0.2) is 0 Å². The van der Waals surface area contributed by atoms with Crippen molar-refractivity contribution < 1.29 is 14.3 Å². The number of amides is 1. The number of carbonyl (C=O) groups excluding carboxylic acids is 1. The number of hydrogen-bond acceptors (Lipinski definition) is 4. The summed E-state index contributed by atoms with van der Waals surface area (Å²) in [5.41, 5.74) is 2.03. The summed E-state index contributed by atoms with van der Waals surface area (Å²) in [6, 6.07) is 15.7. The highest BCUT2D eigenvalue weighted by Crippen LogP contribution is 2.43. The fourth-order valence-electron chi connectivity index (χ4n) is 2.77. The molecule has 1 atom stereocenters. The summed E-state index contributed by atoms with van der Waals surface area (Å²) in [4.78, 5) is 14.3. The Morgan fingerprint density at radius 1 is 1.04 bits per heavy atom. The zero-order chi connectivity index (χ0) is 16.2. The van der Waals surface area contributed by atoms with E-state index < -0.39 is 0 Å². The standard InChI is InChI=1S/C18H19NO3S/c1-21-15-9-5-3-7-13(15)11-19-17(20)12-23-18(19)14-8-4-6-10-16(14)22-2/h3-10,18H,11-12H2,1-2H3. The lowest BCUT2D eigenvalue weighted by Crippen LogP contribution is -2.28. The van der Waals surface area contributed by atoms with Gasteiger partial charge in [-0.2, -0.15) is 0 Å². The van der Waals surface area contributed by atoms with Crippen LogP contribution in [0.2, 0.25) is 0 Å². The smallest absolute Gasteiger partial charge is 0.234 e. The van der Waals surface area contributed by atoms with Gasteiger partial charge in [0.05, 0.1) is 26.5 Å². The summed E-state index contributed by atoms with van der Waals surface area (Å²) < 4.78 is 10.9. The highest BCUT2D eigenvalue weighted by atomic mass is 32.2. The molecule has 1 aliphatic heterocycles. The van der Waals surface area contributed by atoms with Crippen LogP contribution in [0.3, 0.4) is 0 Å². The summed E-state index contributed by atoms with van der Waals surface area (Å²) in [6.07, 6.45) is 0. The quantitative estimate of drug-likeness (QED) is 0.842. The van der Waals surface area contributed by atoms with Crippen molar-refractivity contribution in [3.05, 3.63) is 59.7 Å². The topological polar surface area (TPSA) is 38.8 Å². The van der Waals surface area contributed by atoms with Gasteiger partial charge in [-0.3, -0.25) is 4.79 Å². The van der Waals surface area contributed by atoms with Crippen LogP contribution >= 0.6 is 11.8 Å². The second-order valence-corrected chi connectivity index (χ2v) is 6.31. The third-order valence-corrected chi connectivity index (χ3v) is 5.14. The number of hydrogen-bond donors (Lipinski definition) is 0. The van der Waals surface area contributed by atoms with Crippen molar-refractivity contribution in [2.24, 2.45) is 0 Å². The first kappa shape index (κ1) is 15.7. The van der Waals surface area contributed by atoms with Gasteiger partial charge in [0.25, 0.3) is 0 Å². The van der Waals surface area contributed by atoms with Crippen molar-refractivity contribution in [3.8, 4) is 11.5 Å². The van der Waals surface area contributed by atoms with E-state index in [9.17, 15) is 4.79 Å². The van der Waals surface area contributed by atoms with Crippen LogP contribution in [0, 0.1) is 0 Å². The molecular formula is C18H19NO3S. The number of nitrogens with zero attached hydrogens (tertiary/aromatic N) is 1. The van der Waals surface area contributed by atoms with E-state index in [2.05, 4.69) is 0 Å². The van der Waals surface area contributed by atoms with Gasteiger partial charge in [-0.1, -0.05) is 36.4 Å². The Balaban J connectivity index is 1.91. The number of carbonyl (C=O) groups is 1. The Kier molecular flexibility index (Phi) is 4.76. The van der Waals surface area contributed by atoms with Gasteiger partial charge in [0.1, 0.15) is 16.9 Å². The molecule has 1 aliphatic rings. The summed E-state index contributed by atoms with van der Waals surface area (Å²) >= 11 is 1.63. The molecule has 1 saturated heterocycles. The van der Waals surface area contributed by atoms with Crippen LogP contribution in [-0.2, 0) is 11.3 Å². The number of rotatable bonds is 5. The van der Waals surface area contributed by atoms with E-state index >= 15 is 0 Å². The zero-order valence-corrected chi connectivity index (χ0v) is 14.0. The number of para-hydroxylation sites is 2. The predicted molar refractivity (Wildman–Crippen MR) is 91.7 cm³/mol. The van der Waals surface area contributed by atoms with Crippen LogP contribution in [0.15, 0.2) is 48.5 Å². The molecule has 1 amide bonds. The molecule has 23 heavy (non-hydrogen) atoms. The molecule has 3 rings (SSSR count). The Labute approximate surface area is 140 Å². The lowest BCUT2D eigenvalue weighted by Gasteiger charge is -2.26. The van der Waals surface area contributed by atoms with E-state index in [4.69, 9.17) is 9.47 Å². The van der Waals surface area contributed by atoms with Gasteiger partial charge in [0, 0.05) is 11.1 Å². The maximum atomic E-state index is 12.4.